The fraction of sp³-hybridized carbons (Fsp3) is 0.122. The number of para-hydroxylation sites is 1. The molecule has 0 aliphatic heterocycles. The molecule has 4 aromatic carbocycles. The van der Waals surface area contributed by atoms with Crippen molar-refractivity contribution >= 4 is 68.5 Å². The van der Waals surface area contributed by atoms with Crippen LogP contribution in [0.3, 0.4) is 0 Å². The third kappa shape index (κ3) is 7.80. The first-order valence-electron chi connectivity index (χ1n) is 16.5. The van der Waals surface area contributed by atoms with Gasteiger partial charge in [0, 0.05) is 43.7 Å². The first kappa shape index (κ1) is 33.6. The van der Waals surface area contributed by atoms with Gasteiger partial charge >= 0.3 is 0 Å². The number of benzene rings is 4. The van der Waals surface area contributed by atoms with E-state index in [0.29, 0.717) is 27.7 Å². The van der Waals surface area contributed by atoms with Gasteiger partial charge in [0.25, 0.3) is 11.8 Å². The van der Waals surface area contributed by atoms with Gasteiger partial charge in [0.1, 0.15) is 16.8 Å². The highest BCUT2D eigenvalue weighted by Crippen LogP contribution is 2.42. The van der Waals surface area contributed by atoms with Gasteiger partial charge in [0.2, 0.25) is 5.91 Å². The number of thioether (sulfide) groups is 1. The first-order chi connectivity index (χ1) is 24.9. The molecule has 252 valence electrons. The van der Waals surface area contributed by atoms with E-state index in [1.165, 1.54) is 28.7 Å². The maximum absolute atomic E-state index is 13.7. The maximum atomic E-state index is 13.7. The molecule has 2 aromatic heterocycles. The molecule has 1 aliphatic rings. The third-order valence-corrected chi connectivity index (χ3v) is 11.0. The average Bonchev–Trinajstić information content (AvgIpc) is 3.74. The number of anilines is 2. The lowest BCUT2D eigenvalue weighted by Gasteiger charge is -2.22. The second-order valence-electron chi connectivity index (χ2n) is 12.2. The summed E-state index contributed by atoms with van der Waals surface area (Å²) in [6.07, 6.45) is 6.08. The van der Waals surface area contributed by atoms with Crippen LogP contribution < -0.4 is 16.0 Å². The van der Waals surface area contributed by atoms with Gasteiger partial charge in [-0.05, 0) is 78.8 Å². The molecule has 0 saturated carbocycles. The van der Waals surface area contributed by atoms with Crippen LogP contribution in [-0.2, 0) is 22.4 Å². The second kappa shape index (κ2) is 15.3. The molecule has 0 bridgehead atoms. The van der Waals surface area contributed by atoms with Gasteiger partial charge in [-0.1, -0.05) is 72.8 Å². The van der Waals surface area contributed by atoms with E-state index in [4.69, 9.17) is 0 Å². The monoisotopic (exact) mass is 707 g/mol. The van der Waals surface area contributed by atoms with E-state index in [1.54, 1.807) is 54.7 Å². The molecule has 1 aliphatic carbocycles. The molecular formula is C41H33N5O3S2. The number of carbonyl (C=O) groups excluding carboxylic acids is 3. The molecule has 8 nitrogen and oxygen atoms in total. The molecule has 1 unspecified atom stereocenters. The summed E-state index contributed by atoms with van der Waals surface area (Å²) in [5, 5.41) is 20.2. The lowest BCUT2D eigenvalue weighted by atomic mass is 9.83. The Bertz CT molecular complexity index is 2300. The van der Waals surface area contributed by atoms with Crippen LogP contribution in [0.2, 0.25) is 0 Å². The Morgan fingerprint density at radius 2 is 1.69 bits per heavy atom. The van der Waals surface area contributed by atoms with Crippen LogP contribution in [0.15, 0.2) is 126 Å². The number of fused-ring (bicyclic) bond motifs is 2. The summed E-state index contributed by atoms with van der Waals surface area (Å²) in [6.45, 7) is 0. The summed E-state index contributed by atoms with van der Waals surface area (Å²) in [4.78, 5) is 45.0. The van der Waals surface area contributed by atoms with Crippen molar-refractivity contribution in [2.45, 2.75) is 30.1 Å². The summed E-state index contributed by atoms with van der Waals surface area (Å²) in [5.41, 5.74) is 5.59. The molecule has 10 heteroatoms. The number of rotatable bonds is 10. The molecule has 4 N–H and O–H groups in total. The summed E-state index contributed by atoms with van der Waals surface area (Å²) in [6, 6.07) is 36.4. The van der Waals surface area contributed by atoms with E-state index in [9.17, 15) is 19.6 Å². The molecule has 51 heavy (non-hydrogen) atoms. The Kier molecular flexibility index (Phi) is 10.1. The molecule has 0 radical (unpaired) electrons. The normalized spacial score (nSPS) is 13.9. The average molecular weight is 708 g/mol. The van der Waals surface area contributed by atoms with Crippen LogP contribution >= 0.6 is 23.1 Å². The van der Waals surface area contributed by atoms with E-state index >= 15 is 0 Å². The van der Waals surface area contributed by atoms with Gasteiger partial charge in [0.05, 0.1) is 11.3 Å². The van der Waals surface area contributed by atoms with Crippen LogP contribution in [0.1, 0.15) is 49.8 Å². The minimum absolute atomic E-state index is 0.0769. The molecule has 7 rings (SSSR count). The Hall–Kier alpha value is -5.89. The zero-order valence-electron chi connectivity index (χ0n) is 27.4. The van der Waals surface area contributed by atoms with E-state index in [1.807, 2.05) is 42.5 Å². The van der Waals surface area contributed by atoms with Gasteiger partial charge in [-0.25, -0.2) is 0 Å². The Labute approximate surface area is 303 Å². The number of amides is 3. The molecule has 0 saturated heterocycles. The molecule has 0 spiro atoms. The van der Waals surface area contributed by atoms with Gasteiger partial charge in [0.15, 0.2) is 0 Å². The Morgan fingerprint density at radius 3 is 2.49 bits per heavy atom. The summed E-state index contributed by atoms with van der Waals surface area (Å²) in [5.74, 6) is -0.595. The van der Waals surface area contributed by atoms with Gasteiger partial charge in [-0.2, -0.15) is 5.26 Å². The van der Waals surface area contributed by atoms with E-state index in [0.717, 1.165) is 51.1 Å². The van der Waals surface area contributed by atoms with Crippen molar-refractivity contribution in [1.82, 2.24) is 10.3 Å². The number of H-pyrrole nitrogens is 1. The number of nitrogens with one attached hydrogen (secondary N) is 4. The summed E-state index contributed by atoms with van der Waals surface area (Å²) >= 11 is 2.83. The zero-order chi connectivity index (χ0) is 35.2. The number of aromatic amines is 1. The number of hydrogen-bond donors (Lipinski definition) is 4. The minimum atomic E-state index is -0.496. The standard InChI is InChI=1S/C41H33N5O3S2/c42-23-34-33-19-18-28(26-10-3-1-4-11-26)21-37(33)51-41(34)46-38(47)25-50-31-15-9-14-30(22-31)44-40(49)36(45-39(48)27-12-5-2-6-13-27)20-29-24-43-35-17-8-7-16-32(29)35/h1-17,20,22,24,28,43H,18-19,21,25H2,(H,44,49)(H,45,48)(H,46,47)/b36-20-. The Morgan fingerprint density at radius 1 is 0.922 bits per heavy atom. The number of aromatic nitrogens is 1. The van der Waals surface area contributed by atoms with E-state index < -0.39 is 11.8 Å². The summed E-state index contributed by atoms with van der Waals surface area (Å²) < 4.78 is 0. The molecule has 2 heterocycles. The number of hydrogen-bond acceptors (Lipinski definition) is 6. The number of nitrogens with zero attached hydrogens (tertiary/aromatic N) is 1. The smallest absolute Gasteiger partial charge is 0.272 e. The van der Waals surface area contributed by atoms with E-state index in [-0.39, 0.29) is 17.4 Å². The number of nitriles is 1. The number of carbonyl (C=O) groups is 3. The summed E-state index contributed by atoms with van der Waals surface area (Å²) in [7, 11) is 0. The van der Waals surface area contributed by atoms with Crippen molar-refractivity contribution < 1.29 is 14.4 Å². The van der Waals surface area contributed by atoms with Crippen molar-refractivity contribution in [3.05, 3.63) is 154 Å². The lowest BCUT2D eigenvalue weighted by molar-refractivity contribution is -0.114. The van der Waals surface area contributed by atoms with Gasteiger partial charge < -0.3 is 20.9 Å². The van der Waals surface area contributed by atoms with Crippen LogP contribution in [0, 0.1) is 11.3 Å². The molecule has 6 aromatic rings. The number of thiophene rings is 1. The predicted molar refractivity (Wildman–Crippen MR) is 205 cm³/mol. The second-order valence-corrected chi connectivity index (χ2v) is 14.3. The van der Waals surface area contributed by atoms with Crippen LogP contribution in [0.5, 0.6) is 0 Å². The van der Waals surface area contributed by atoms with Crippen molar-refractivity contribution in [2.75, 3.05) is 16.4 Å². The minimum Gasteiger partial charge on any atom is -0.361 e. The lowest BCUT2D eigenvalue weighted by Crippen LogP contribution is -2.30. The van der Waals surface area contributed by atoms with Crippen LogP contribution in [0.4, 0.5) is 10.7 Å². The fourth-order valence-corrected chi connectivity index (χ4v) is 8.34. The van der Waals surface area contributed by atoms with Crippen molar-refractivity contribution in [1.29, 1.82) is 5.26 Å². The van der Waals surface area contributed by atoms with E-state index in [2.05, 4.69) is 51.3 Å². The molecule has 3 amide bonds. The van der Waals surface area contributed by atoms with Gasteiger partial charge in [-0.3, -0.25) is 14.4 Å². The zero-order valence-corrected chi connectivity index (χ0v) is 29.1. The molecular weight excluding hydrogens is 675 g/mol. The predicted octanol–water partition coefficient (Wildman–Crippen LogP) is 8.51. The molecule has 0 fully saturated rings. The van der Waals surface area contributed by atoms with Crippen LogP contribution in [0.25, 0.3) is 17.0 Å². The molecule has 1 atom stereocenters. The quantitative estimate of drug-likeness (QED) is 0.0839. The highest BCUT2D eigenvalue weighted by atomic mass is 32.2. The van der Waals surface area contributed by atoms with Crippen molar-refractivity contribution in [2.24, 2.45) is 0 Å². The first-order valence-corrected chi connectivity index (χ1v) is 18.3. The SMILES string of the molecule is N#Cc1c(NC(=O)CSc2cccc(NC(=O)/C(=C/c3c[nH]c4ccccc34)NC(=O)c3ccccc3)c2)sc2c1CCC(c1ccccc1)C2. The largest absolute Gasteiger partial charge is 0.361 e. The van der Waals surface area contributed by atoms with Crippen molar-refractivity contribution in [3.8, 4) is 6.07 Å². The highest BCUT2D eigenvalue weighted by molar-refractivity contribution is 8.00. The van der Waals surface area contributed by atoms with Crippen LogP contribution in [-0.4, -0.2) is 28.5 Å². The third-order valence-electron chi connectivity index (χ3n) is 8.81. The topological polar surface area (TPSA) is 127 Å². The van der Waals surface area contributed by atoms with Crippen molar-refractivity contribution in [3.63, 3.8) is 0 Å². The fourth-order valence-electron chi connectivity index (χ4n) is 6.29. The van der Waals surface area contributed by atoms with Gasteiger partial charge in [-0.15, -0.1) is 23.1 Å². The maximum Gasteiger partial charge on any atom is 0.272 e. The highest BCUT2D eigenvalue weighted by Gasteiger charge is 2.27. The Balaban J connectivity index is 1.02.